The molecule has 1 atom stereocenters. The third kappa shape index (κ3) is 4.85. The number of nitrogens with zero attached hydrogens (tertiary/aromatic N) is 2. The first kappa shape index (κ1) is 21.2. The highest BCUT2D eigenvalue weighted by molar-refractivity contribution is 5.77. The quantitative estimate of drug-likeness (QED) is 0.445. The van der Waals surface area contributed by atoms with Crippen LogP contribution in [0.5, 0.6) is 0 Å². The van der Waals surface area contributed by atoms with Crippen LogP contribution in [0.2, 0.25) is 0 Å². The largest absolute Gasteiger partial charge is 0.361 e. The molecule has 160 valence electrons. The number of hydrogen-bond acceptors (Lipinski definition) is 2. The summed E-state index contributed by atoms with van der Waals surface area (Å²) in [7, 11) is 0. The summed E-state index contributed by atoms with van der Waals surface area (Å²) >= 11 is 0. The first-order valence-electron chi connectivity index (χ1n) is 11.8. The summed E-state index contributed by atoms with van der Waals surface area (Å²) in [6, 6.07) is 17.7. The van der Waals surface area contributed by atoms with Gasteiger partial charge < -0.3 is 9.80 Å². The van der Waals surface area contributed by atoms with E-state index in [-0.39, 0.29) is 0 Å². The Morgan fingerprint density at radius 3 is 2.23 bits per heavy atom. The predicted molar refractivity (Wildman–Crippen MR) is 136 cm³/mol. The van der Waals surface area contributed by atoms with Crippen LogP contribution in [0.25, 0.3) is 12.2 Å². The summed E-state index contributed by atoms with van der Waals surface area (Å²) in [5, 5.41) is 0. The average molecular weight is 411 g/mol. The molecular weight excluding hydrogens is 376 g/mol. The zero-order valence-electron chi connectivity index (χ0n) is 18.9. The number of unbranched alkanes of at least 4 members (excludes halogenated alkanes) is 2. The van der Waals surface area contributed by atoms with Crippen LogP contribution in [0, 0.1) is 0 Å². The molecule has 0 saturated heterocycles. The molecule has 0 radical (unpaired) electrons. The van der Waals surface area contributed by atoms with Crippen molar-refractivity contribution in [3.05, 3.63) is 95.7 Å². The van der Waals surface area contributed by atoms with Crippen molar-refractivity contribution in [2.24, 2.45) is 0 Å². The number of rotatable bonds is 8. The highest BCUT2D eigenvalue weighted by Gasteiger charge is 2.20. The molecule has 1 unspecified atom stereocenters. The topological polar surface area (TPSA) is 6.48 Å². The molecule has 0 aromatic heterocycles. The van der Waals surface area contributed by atoms with Crippen molar-refractivity contribution in [1.29, 1.82) is 0 Å². The van der Waals surface area contributed by atoms with Gasteiger partial charge in [0.15, 0.2) is 0 Å². The summed E-state index contributed by atoms with van der Waals surface area (Å²) in [6.45, 7) is 6.66. The van der Waals surface area contributed by atoms with E-state index in [4.69, 9.17) is 0 Å². The number of para-hydroxylation sites is 2. The van der Waals surface area contributed by atoms with Gasteiger partial charge in [-0.1, -0.05) is 93.5 Å². The van der Waals surface area contributed by atoms with E-state index in [2.05, 4.69) is 115 Å². The minimum atomic E-state index is 0.294. The minimum Gasteiger partial charge on any atom is -0.361 e. The molecule has 0 aliphatic carbocycles. The molecule has 2 heteroatoms. The Labute approximate surface area is 187 Å². The molecule has 2 nitrogen and oxygen atoms in total. The van der Waals surface area contributed by atoms with Crippen LogP contribution in [-0.2, 0) is 0 Å². The van der Waals surface area contributed by atoms with Crippen molar-refractivity contribution < 1.29 is 0 Å². The van der Waals surface area contributed by atoms with Gasteiger partial charge in [0, 0.05) is 30.2 Å². The SMILES string of the molecule is CCCCN1/C(=C/C=C/C2C=Cc3ccccc3N2CCCC)C=Cc2ccccc21. The molecule has 0 N–H and O–H groups in total. The zero-order chi connectivity index (χ0) is 21.5. The predicted octanol–water partition coefficient (Wildman–Crippen LogP) is 7.46. The van der Waals surface area contributed by atoms with Crippen LogP contribution in [0.4, 0.5) is 11.4 Å². The third-order valence-corrected chi connectivity index (χ3v) is 6.12. The maximum absolute atomic E-state index is 2.54. The van der Waals surface area contributed by atoms with Crippen LogP contribution in [0.1, 0.15) is 50.7 Å². The number of benzene rings is 2. The van der Waals surface area contributed by atoms with E-state index in [1.807, 2.05) is 0 Å². The Morgan fingerprint density at radius 1 is 0.774 bits per heavy atom. The summed E-state index contributed by atoms with van der Waals surface area (Å²) in [4.78, 5) is 5.00. The molecule has 0 bridgehead atoms. The molecule has 2 aliphatic rings. The maximum atomic E-state index is 2.54. The lowest BCUT2D eigenvalue weighted by Gasteiger charge is -2.34. The smallest absolute Gasteiger partial charge is 0.0663 e. The number of hydrogen-bond donors (Lipinski definition) is 0. The third-order valence-electron chi connectivity index (χ3n) is 6.12. The Balaban J connectivity index is 1.57. The lowest BCUT2D eigenvalue weighted by Crippen LogP contribution is -2.35. The maximum Gasteiger partial charge on any atom is 0.0663 e. The van der Waals surface area contributed by atoms with Gasteiger partial charge in [-0.05, 0) is 48.3 Å². The van der Waals surface area contributed by atoms with Gasteiger partial charge in [0.1, 0.15) is 0 Å². The van der Waals surface area contributed by atoms with E-state index in [0.717, 1.165) is 13.1 Å². The first-order valence-corrected chi connectivity index (χ1v) is 11.8. The molecule has 0 amide bonds. The van der Waals surface area contributed by atoms with Crippen LogP contribution < -0.4 is 9.80 Å². The van der Waals surface area contributed by atoms with Crippen molar-refractivity contribution in [2.45, 2.75) is 45.6 Å². The molecule has 0 saturated carbocycles. The van der Waals surface area contributed by atoms with E-state index >= 15 is 0 Å². The second kappa shape index (κ2) is 10.3. The van der Waals surface area contributed by atoms with E-state index in [9.17, 15) is 0 Å². The van der Waals surface area contributed by atoms with Crippen LogP contribution in [-0.4, -0.2) is 19.1 Å². The lowest BCUT2D eigenvalue weighted by atomic mass is 10.0. The number of fused-ring (bicyclic) bond motifs is 2. The molecular formula is C29H34N2. The molecule has 0 fully saturated rings. The fourth-order valence-corrected chi connectivity index (χ4v) is 4.38. The standard InChI is InChI=1S/C29H34N2/c1-3-5-22-30-26(20-18-24-12-7-9-16-28(24)30)14-11-15-27-21-19-25-13-8-10-17-29(25)31(27)23-6-4-2/h7-21,26H,3-6,22-23H2,1-2H3/b14-11+,27-15+. The molecule has 2 aliphatic heterocycles. The second-order valence-electron chi connectivity index (χ2n) is 8.33. The van der Waals surface area contributed by atoms with Crippen LogP contribution >= 0.6 is 0 Å². The molecule has 2 heterocycles. The molecule has 31 heavy (non-hydrogen) atoms. The van der Waals surface area contributed by atoms with Gasteiger partial charge in [-0.25, -0.2) is 0 Å². The normalized spacial score (nSPS) is 18.6. The van der Waals surface area contributed by atoms with Gasteiger partial charge >= 0.3 is 0 Å². The Kier molecular flexibility index (Phi) is 7.09. The summed E-state index contributed by atoms with van der Waals surface area (Å²) in [5.74, 6) is 0. The highest BCUT2D eigenvalue weighted by atomic mass is 15.2. The van der Waals surface area contributed by atoms with Crippen molar-refractivity contribution in [1.82, 2.24) is 0 Å². The minimum absolute atomic E-state index is 0.294. The second-order valence-corrected chi connectivity index (χ2v) is 8.33. The highest BCUT2D eigenvalue weighted by Crippen LogP contribution is 2.32. The van der Waals surface area contributed by atoms with E-state index in [1.54, 1.807) is 0 Å². The van der Waals surface area contributed by atoms with Crippen molar-refractivity contribution >= 4 is 23.5 Å². The number of anilines is 2. The zero-order valence-corrected chi connectivity index (χ0v) is 18.9. The molecule has 0 spiro atoms. The van der Waals surface area contributed by atoms with Gasteiger partial charge in [-0.15, -0.1) is 0 Å². The number of allylic oxidation sites excluding steroid dienone is 3. The lowest BCUT2D eigenvalue weighted by molar-refractivity contribution is 0.703. The van der Waals surface area contributed by atoms with Gasteiger partial charge in [0.05, 0.1) is 6.04 Å². The van der Waals surface area contributed by atoms with Crippen molar-refractivity contribution in [3.8, 4) is 0 Å². The van der Waals surface area contributed by atoms with Crippen molar-refractivity contribution in [3.63, 3.8) is 0 Å². The first-order chi connectivity index (χ1) is 15.3. The summed E-state index contributed by atoms with van der Waals surface area (Å²) < 4.78 is 0. The Morgan fingerprint density at radius 2 is 1.45 bits per heavy atom. The average Bonchev–Trinajstić information content (AvgIpc) is 2.82. The fourth-order valence-electron chi connectivity index (χ4n) is 4.38. The van der Waals surface area contributed by atoms with E-state index in [0.29, 0.717) is 6.04 Å². The fraction of sp³-hybridized carbons (Fsp3) is 0.310. The summed E-state index contributed by atoms with van der Waals surface area (Å²) in [6.07, 6.45) is 20.7. The van der Waals surface area contributed by atoms with Crippen molar-refractivity contribution in [2.75, 3.05) is 22.9 Å². The Bertz CT molecular complexity index is 995. The van der Waals surface area contributed by atoms with Gasteiger partial charge in [0.2, 0.25) is 0 Å². The Hall–Kier alpha value is -3.00. The van der Waals surface area contributed by atoms with Crippen LogP contribution in [0.15, 0.2) is 84.6 Å². The molecule has 4 rings (SSSR count). The molecule has 2 aromatic rings. The molecule has 2 aromatic carbocycles. The van der Waals surface area contributed by atoms with E-state index < -0.39 is 0 Å². The van der Waals surface area contributed by atoms with E-state index in [1.165, 1.54) is 53.9 Å². The van der Waals surface area contributed by atoms with Gasteiger partial charge in [-0.2, -0.15) is 0 Å². The van der Waals surface area contributed by atoms with Gasteiger partial charge in [-0.3, -0.25) is 0 Å². The van der Waals surface area contributed by atoms with Crippen LogP contribution in [0.3, 0.4) is 0 Å². The monoisotopic (exact) mass is 410 g/mol. The summed E-state index contributed by atoms with van der Waals surface area (Å²) in [5.41, 5.74) is 6.55. The van der Waals surface area contributed by atoms with Gasteiger partial charge in [0.25, 0.3) is 0 Å².